The van der Waals surface area contributed by atoms with Crippen LogP contribution in [0.2, 0.25) is 10.0 Å². The molecule has 3 rings (SSSR count). The first-order valence-corrected chi connectivity index (χ1v) is 11.7. The van der Waals surface area contributed by atoms with Gasteiger partial charge in [0.15, 0.2) is 5.16 Å². The van der Waals surface area contributed by atoms with Gasteiger partial charge in [0, 0.05) is 12.2 Å². The van der Waals surface area contributed by atoms with Crippen molar-refractivity contribution in [3.05, 3.63) is 76.6 Å². The van der Waals surface area contributed by atoms with Crippen LogP contribution < -0.4 is 10.6 Å². The molecule has 0 radical (unpaired) electrons. The third-order valence-electron chi connectivity index (χ3n) is 4.46. The number of amides is 2. The van der Waals surface area contributed by atoms with Gasteiger partial charge < -0.3 is 15.2 Å². The second kappa shape index (κ2) is 11.6. The molecule has 7 nitrogen and oxygen atoms in total. The van der Waals surface area contributed by atoms with Crippen LogP contribution >= 0.6 is 35.0 Å². The number of hydrogen-bond donors (Lipinski definition) is 2. The van der Waals surface area contributed by atoms with Crippen molar-refractivity contribution in [2.75, 3.05) is 16.4 Å². The first-order valence-electron chi connectivity index (χ1n) is 9.95. The van der Waals surface area contributed by atoms with Gasteiger partial charge in [-0.3, -0.25) is 9.59 Å². The number of halogens is 5. The van der Waals surface area contributed by atoms with Crippen LogP contribution in [0.4, 0.5) is 24.5 Å². The molecule has 35 heavy (non-hydrogen) atoms. The number of hydrogen-bond acceptors (Lipinski definition) is 5. The Morgan fingerprint density at radius 3 is 2.54 bits per heavy atom. The zero-order valence-corrected chi connectivity index (χ0v) is 20.2. The first kappa shape index (κ1) is 26.6. The molecule has 1 heterocycles. The summed E-state index contributed by atoms with van der Waals surface area (Å²) in [7, 11) is 0. The molecule has 1 aromatic heterocycles. The zero-order valence-electron chi connectivity index (χ0n) is 17.9. The maximum Gasteiger partial charge on any atom is 0.416 e. The molecular weight excluding hydrogens is 526 g/mol. The lowest BCUT2D eigenvalue weighted by molar-refractivity contribution is -0.137. The van der Waals surface area contributed by atoms with Crippen molar-refractivity contribution in [1.29, 1.82) is 0 Å². The molecule has 0 aliphatic heterocycles. The van der Waals surface area contributed by atoms with Crippen LogP contribution in [-0.2, 0) is 28.7 Å². The van der Waals surface area contributed by atoms with E-state index in [9.17, 15) is 22.8 Å². The van der Waals surface area contributed by atoms with E-state index in [1.807, 2.05) is 0 Å². The summed E-state index contributed by atoms with van der Waals surface area (Å²) in [5, 5.41) is 14.0. The van der Waals surface area contributed by atoms with Gasteiger partial charge in [-0.1, -0.05) is 53.2 Å². The maximum absolute atomic E-state index is 12.9. The van der Waals surface area contributed by atoms with Gasteiger partial charge >= 0.3 is 6.18 Å². The van der Waals surface area contributed by atoms with Crippen molar-refractivity contribution in [3.63, 3.8) is 0 Å². The van der Waals surface area contributed by atoms with Crippen molar-refractivity contribution in [2.45, 2.75) is 24.3 Å². The highest BCUT2D eigenvalue weighted by Gasteiger charge is 2.30. The van der Waals surface area contributed by atoms with Gasteiger partial charge in [0.2, 0.25) is 11.8 Å². The molecule has 0 saturated carbocycles. The van der Waals surface area contributed by atoms with Crippen LogP contribution in [0.5, 0.6) is 0 Å². The number of carbonyl (C=O) groups excluding carboxylic acids is 2. The van der Waals surface area contributed by atoms with Gasteiger partial charge in [-0.15, -0.1) is 16.8 Å². The minimum absolute atomic E-state index is 0.00515. The van der Waals surface area contributed by atoms with Gasteiger partial charge in [-0.05, 0) is 30.3 Å². The normalized spacial score (nSPS) is 11.2. The van der Waals surface area contributed by atoms with Gasteiger partial charge in [0.1, 0.15) is 5.82 Å². The summed E-state index contributed by atoms with van der Waals surface area (Å²) in [6.45, 7) is 3.92. The summed E-state index contributed by atoms with van der Waals surface area (Å²) in [6, 6.07) is 9.17. The van der Waals surface area contributed by atoms with E-state index in [1.165, 1.54) is 12.1 Å². The Hall–Kier alpha value is -3.02. The van der Waals surface area contributed by atoms with E-state index < -0.39 is 17.6 Å². The van der Waals surface area contributed by atoms with Gasteiger partial charge in [0.05, 0.1) is 33.5 Å². The van der Waals surface area contributed by atoms with Crippen molar-refractivity contribution >= 4 is 58.2 Å². The number of allylic oxidation sites excluding steroid dienone is 1. The fraction of sp³-hybridized carbons (Fsp3) is 0.182. The summed E-state index contributed by atoms with van der Waals surface area (Å²) in [4.78, 5) is 24.8. The highest BCUT2D eigenvalue weighted by Crippen LogP contribution is 2.31. The average Bonchev–Trinajstić information content (AvgIpc) is 3.16. The second-order valence-corrected chi connectivity index (χ2v) is 8.77. The standard InChI is InChI=1S/C22H18Cl2F3N5O2S/c1-2-9-32-17(11-18(33)28-14-6-3-5-13(10-14)22(25,26)27)30-31-21(32)35-12-19(34)29-16-8-4-7-15(23)20(16)24/h2-8,10H,1,9,11-12H2,(H,28,33)(H,29,34). The molecule has 2 aromatic carbocycles. The maximum atomic E-state index is 12.9. The van der Waals surface area contributed by atoms with Gasteiger partial charge in [0.25, 0.3) is 0 Å². The number of thioether (sulfide) groups is 1. The molecule has 2 N–H and O–H groups in total. The molecule has 2 amide bonds. The van der Waals surface area contributed by atoms with Gasteiger partial charge in [-0.2, -0.15) is 13.2 Å². The molecule has 0 unspecified atom stereocenters. The van der Waals surface area contributed by atoms with E-state index in [4.69, 9.17) is 23.2 Å². The molecule has 3 aromatic rings. The summed E-state index contributed by atoms with van der Waals surface area (Å²) >= 11 is 13.1. The number of benzene rings is 2. The molecular formula is C22H18Cl2F3N5O2S. The van der Waals surface area contributed by atoms with E-state index >= 15 is 0 Å². The smallest absolute Gasteiger partial charge is 0.326 e. The van der Waals surface area contributed by atoms with Crippen LogP contribution in [-0.4, -0.2) is 32.3 Å². The summed E-state index contributed by atoms with van der Waals surface area (Å²) in [6.07, 6.45) is -3.21. The minimum Gasteiger partial charge on any atom is -0.326 e. The van der Waals surface area contributed by atoms with E-state index in [0.29, 0.717) is 15.9 Å². The largest absolute Gasteiger partial charge is 0.416 e. The monoisotopic (exact) mass is 543 g/mol. The van der Waals surface area contributed by atoms with Crippen molar-refractivity contribution in [2.24, 2.45) is 0 Å². The summed E-state index contributed by atoms with van der Waals surface area (Å²) < 4.78 is 40.3. The third kappa shape index (κ3) is 7.23. The fourth-order valence-electron chi connectivity index (χ4n) is 2.91. The number of nitrogens with zero attached hydrogens (tertiary/aromatic N) is 3. The predicted octanol–water partition coefficient (Wildman–Crippen LogP) is 5.70. The number of nitrogens with one attached hydrogen (secondary N) is 2. The molecule has 0 bridgehead atoms. The molecule has 0 aliphatic carbocycles. The Labute approximate surface area is 212 Å². The highest BCUT2D eigenvalue weighted by molar-refractivity contribution is 7.99. The Morgan fingerprint density at radius 1 is 1.09 bits per heavy atom. The first-order chi connectivity index (χ1) is 16.6. The SMILES string of the molecule is C=CCn1c(CC(=O)Nc2cccc(C(F)(F)F)c2)nnc1SCC(=O)Nc1cccc(Cl)c1Cl. The minimum atomic E-state index is -4.53. The van der Waals surface area contributed by atoms with E-state index in [0.717, 1.165) is 23.9 Å². The molecule has 0 saturated heterocycles. The second-order valence-electron chi connectivity index (χ2n) is 7.04. The van der Waals surface area contributed by atoms with E-state index in [-0.39, 0.29) is 41.2 Å². The predicted molar refractivity (Wildman–Crippen MR) is 130 cm³/mol. The topological polar surface area (TPSA) is 88.9 Å². The van der Waals surface area contributed by atoms with Crippen molar-refractivity contribution in [1.82, 2.24) is 14.8 Å². The fourth-order valence-corrected chi connectivity index (χ4v) is 4.02. The number of carbonyl (C=O) groups is 2. The van der Waals surface area contributed by atoms with E-state index in [1.54, 1.807) is 28.8 Å². The summed E-state index contributed by atoms with van der Waals surface area (Å²) in [5.74, 6) is -0.715. The van der Waals surface area contributed by atoms with Gasteiger partial charge in [-0.25, -0.2) is 0 Å². The average molecular weight is 544 g/mol. The Bertz CT molecular complexity index is 1250. The summed E-state index contributed by atoms with van der Waals surface area (Å²) in [5.41, 5.74) is -0.504. The molecule has 184 valence electrons. The molecule has 13 heteroatoms. The van der Waals surface area contributed by atoms with Crippen molar-refractivity contribution < 1.29 is 22.8 Å². The Balaban J connectivity index is 1.65. The number of aromatic nitrogens is 3. The molecule has 0 aliphatic rings. The molecule has 0 fully saturated rings. The van der Waals surface area contributed by atoms with Crippen LogP contribution in [0.1, 0.15) is 11.4 Å². The van der Waals surface area contributed by atoms with Crippen LogP contribution in [0.3, 0.4) is 0 Å². The lowest BCUT2D eigenvalue weighted by Crippen LogP contribution is -2.18. The number of alkyl halides is 3. The zero-order chi connectivity index (χ0) is 25.6. The van der Waals surface area contributed by atoms with Crippen LogP contribution in [0, 0.1) is 0 Å². The molecule has 0 atom stereocenters. The van der Waals surface area contributed by atoms with E-state index in [2.05, 4.69) is 27.4 Å². The molecule has 0 spiro atoms. The lowest BCUT2D eigenvalue weighted by Gasteiger charge is -2.11. The van der Waals surface area contributed by atoms with Crippen molar-refractivity contribution in [3.8, 4) is 0 Å². The Kier molecular flexibility index (Phi) is 8.82. The lowest BCUT2D eigenvalue weighted by atomic mass is 10.2. The van der Waals surface area contributed by atoms with Crippen LogP contribution in [0.25, 0.3) is 0 Å². The van der Waals surface area contributed by atoms with Crippen LogP contribution in [0.15, 0.2) is 60.3 Å². The highest BCUT2D eigenvalue weighted by atomic mass is 35.5. The number of anilines is 2. The Morgan fingerprint density at radius 2 is 1.83 bits per heavy atom. The number of rotatable bonds is 9. The third-order valence-corrected chi connectivity index (χ3v) is 6.24. The quantitative estimate of drug-likeness (QED) is 0.267.